The molecule has 0 aliphatic heterocycles. The molecule has 0 unspecified atom stereocenters. The number of benzene rings is 2. The van der Waals surface area contributed by atoms with Gasteiger partial charge in [0.25, 0.3) is 0 Å². The number of carboxylic acid groups (broad SMARTS) is 1. The van der Waals surface area contributed by atoms with E-state index in [4.69, 9.17) is 16.7 Å². The van der Waals surface area contributed by atoms with Crippen molar-refractivity contribution in [2.24, 2.45) is 13.0 Å². The van der Waals surface area contributed by atoms with Gasteiger partial charge in [0.05, 0.1) is 11.7 Å². The van der Waals surface area contributed by atoms with Gasteiger partial charge in [-0.15, -0.1) is 0 Å². The van der Waals surface area contributed by atoms with Crippen LogP contribution in [0.3, 0.4) is 0 Å². The molecule has 0 fully saturated rings. The largest absolute Gasteiger partial charge is 0.481 e. The zero-order valence-electron chi connectivity index (χ0n) is 16.0. The van der Waals surface area contributed by atoms with Crippen molar-refractivity contribution in [3.8, 4) is 11.1 Å². The minimum atomic E-state index is -0.812. The van der Waals surface area contributed by atoms with E-state index in [1.165, 1.54) is 5.56 Å². The number of nitrogens with zero attached hydrogens (tertiary/aromatic N) is 2. The zero-order valence-corrected chi connectivity index (χ0v) is 16.8. The van der Waals surface area contributed by atoms with Crippen molar-refractivity contribution in [3.05, 3.63) is 52.7 Å². The Kier molecular flexibility index (Phi) is 5.85. The van der Waals surface area contributed by atoms with Crippen LogP contribution in [0.5, 0.6) is 0 Å². The number of hydrogen-bond donors (Lipinski definition) is 1. The van der Waals surface area contributed by atoms with Crippen LogP contribution in [0.2, 0.25) is 5.02 Å². The van der Waals surface area contributed by atoms with E-state index in [1.54, 1.807) is 0 Å². The van der Waals surface area contributed by atoms with Gasteiger partial charge in [0, 0.05) is 23.9 Å². The molecule has 142 valence electrons. The average molecular weight is 385 g/mol. The molecular weight excluding hydrogens is 360 g/mol. The van der Waals surface area contributed by atoms with Crippen molar-refractivity contribution in [3.63, 3.8) is 0 Å². The molecule has 3 rings (SSSR count). The number of fused-ring (bicyclic) bond motifs is 1. The fourth-order valence-corrected chi connectivity index (χ4v) is 3.62. The summed E-state index contributed by atoms with van der Waals surface area (Å²) in [6.07, 6.45) is 4.39. The van der Waals surface area contributed by atoms with Gasteiger partial charge in [-0.1, -0.05) is 31.5 Å². The maximum Gasteiger partial charge on any atom is 0.303 e. The summed E-state index contributed by atoms with van der Waals surface area (Å²) >= 11 is 6.48. The molecule has 0 amide bonds. The number of aromatic nitrogens is 2. The summed E-state index contributed by atoms with van der Waals surface area (Å²) in [7, 11) is 1.93. The fourth-order valence-electron chi connectivity index (χ4n) is 3.34. The highest BCUT2D eigenvalue weighted by Gasteiger charge is 2.13. The number of hydrogen-bond acceptors (Lipinski definition) is 2. The number of aliphatic carboxylic acids is 1. The van der Waals surface area contributed by atoms with Crippen LogP contribution in [0.4, 0.5) is 0 Å². The first-order valence-electron chi connectivity index (χ1n) is 9.30. The Morgan fingerprint density at radius 1 is 1.19 bits per heavy atom. The predicted molar refractivity (Wildman–Crippen MR) is 110 cm³/mol. The van der Waals surface area contributed by atoms with Crippen molar-refractivity contribution in [1.82, 2.24) is 9.78 Å². The molecule has 1 heterocycles. The first-order valence-corrected chi connectivity index (χ1v) is 9.68. The third-order valence-corrected chi connectivity index (χ3v) is 5.28. The SMILES string of the molecule is CC(C)CCc1cc(Cl)c(CCC(=O)O)cc1-c1ccc2c(cnn2C)c1. The molecule has 0 aliphatic rings. The summed E-state index contributed by atoms with van der Waals surface area (Å²) in [6, 6.07) is 10.4. The van der Waals surface area contributed by atoms with E-state index in [0.29, 0.717) is 17.4 Å². The number of halogens is 1. The number of carbonyl (C=O) groups is 1. The van der Waals surface area contributed by atoms with E-state index in [2.05, 4.69) is 43.2 Å². The second-order valence-corrected chi connectivity index (χ2v) is 7.88. The molecule has 4 nitrogen and oxygen atoms in total. The quantitative estimate of drug-likeness (QED) is 0.585. The lowest BCUT2D eigenvalue weighted by Gasteiger charge is -2.15. The summed E-state index contributed by atoms with van der Waals surface area (Å²) in [6.45, 7) is 4.43. The van der Waals surface area contributed by atoms with Crippen molar-refractivity contribution >= 4 is 28.5 Å². The maximum absolute atomic E-state index is 11.0. The van der Waals surface area contributed by atoms with Gasteiger partial charge in [0.1, 0.15) is 0 Å². The summed E-state index contributed by atoms with van der Waals surface area (Å²) in [5.41, 5.74) is 5.42. The molecule has 0 aliphatic carbocycles. The minimum Gasteiger partial charge on any atom is -0.481 e. The summed E-state index contributed by atoms with van der Waals surface area (Å²) < 4.78 is 1.86. The highest BCUT2D eigenvalue weighted by molar-refractivity contribution is 6.31. The fraction of sp³-hybridized carbons (Fsp3) is 0.364. The topological polar surface area (TPSA) is 55.1 Å². The van der Waals surface area contributed by atoms with E-state index < -0.39 is 5.97 Å². The molecule has 0 spiro atoms. The van der Waals surface area contributed by atoms with Crippen molar-refractivity contribution in [2.45, 2.75) is 39.5 Å². The Bertz CT molecular complexity index is 976. The molecule has 1 N–H and O–H groups in total. The standard InChI is InChI=1S/C22H25ClN2O2/c1-14(2)4-5-16-12-20(23)17(7-9-22(26)27)11-19(16)15-6-8-21-18(10-15)13-24-25(21)3/h6,8,10-14H,4-5,7,9H2,1-3H3,(H,26,27). The van der Waals surface area contributed by atoms with Crippen LogP contribution in [-0.2, 0) is 24.7 Å². The monoisotopic (exact) mass is 384 g/mol. The Morgan fingerprint density at radius 3 is 2.67 bits per heavy atom. The van der Waals surface area contributed by atoms with Gasteiger partial charge in [0.15, 0.2) is 0 Å². The third kappa shape index (κ3) is 4.51. The average Bonchev–Trinajstić information content (AvgIpc) is 2.99. The van der Waals surface area contributed by atoms with Gasteiger partial charge in [-0.25, -0.2) is 0 Å². The molecule has 0 saturated heterocycles. The van der Waals surface area contributed by atoms with Gasteiger partial charge >= 0.3 is 5.97 Å². The van der Waals surface area contributed by atoms with Crippen LogP contribution >= 0.6 is 11.6 Å². The van der Waals surface area contributed by atoms with E-state index in [0.717, 1.165) is 40.4 Å². The minimum absolute atomic E-state index is 0.0755. The second kappa shape index (κ2) is 8.13. The van der Waals surface area contributed by atoms with Gasteiger partial charge < -0.3 is 5.11 Å². The van der Waals surface area contributed by atoms with Crippen molar-refractivity contribution < 1.29 is 9.90 Å². The lowest BCUT2D eigenvalue weighted by molar-refractivity contribution is -0.136. The Labute approximate surface area is 164 Å². The molecule has 0 saturated carbocycles. The zero-order chi connectivity index (χ0) is 19.6. The van der Waals surface area contributed by atoms with Gasteiger partial charge in [0.2, 0.25) is 0 Å². The molecule has 27 heavy (non-hydrogen) atoms. The summed E-state index contributed by atoms with van der Waals surface area (Å²) in [5.74, 6) is -0.211. The first kappa shape index (κ1) is 19.4. The van der Waals surface area contributed by atoms with E-state index in [9.17, 15) is 4.79 Å². The maximum atomic E-state index is 11.0. The summed E-state index contributed by atoms with van der Waals surface area (Å²) in [5, 5.41) is 15.1. The molecular formula is C22H25ClN2O2. The van der Waals surface area contributed by atoms with Crippen LogP contribution in [-0.4, -0.2) is 20.9 Å². The third-order valence-electron chi connectivity index (χ3n) is 4.93. The van der Waals surface area contributed by atoms with Gasteiger partial charge in [-0.3, -0.25) is 9.48 Å². The molecule has 1 aromatic heterocycles. The Hall–Kier alpha value is -2.33. The van der Waals surface area contributed by atoms with Crippen LogP contribution in [0, 0.1) is 5.92 Å². The van der Waals surface area contributed by atoms with Crippen molar-refractivity contribution in [2.75, 3.05) is 0 Å². The van der Waals surface area contributed by atoms with Crippen LogP contribution < -0.4 is 0 Å². The van der Waals surface area contributed by atoms with E-state index in [-0.39, 0.29) is 6.42 Å². The van der Waals surface area contributed by atoms with E-state index >= 15 is 0 Å². The normalized spacial score (nSPS) is 11.4. The highest BCUT2D eigenvalue weighted by Crippen LogP contribution is 2.33. The second-order valence-electron chi connectivity index (χ2n) is 7.47. The lowest BCUT2D eigenvalue weighted by Crippen LogP contribution is -2.01. The molecule has 3 aromatic rings. The number of rotatable bonds is 7. The highest BCUT2D eigenvalue weighted by atomic mass is 35.5. The first-order chi connectivity index (χ1) is 12.8. The molecule has 0 radical (unpaired) electrons. The van der Waals surface area contributed by atoms with E-state index in [1.807, 2.05) is 24.0 Å². The molecule has 0 atom stereocenters. The van der Waals surface area contributed by atoms with Crippen molar-refractivity contribution in [1.29, 1.82) is 0 Å². The van der Waals surface area contributed by atoms with Gasteiger partial charge in [-0.05, 0) is 71.7 Å². The predicted octanol–water partition coefficient (Wildman–Crippen LogP) is 5.50. The molecule has 0 bridgehead atoms. The van der Waals surface area contributed by atoms with Crippen LogP contribution in [0.25, 0.3) is 22.0 Å². The smallest absolute Gasteiger partial charge is 0.303 e. The van der Waals surface area contributed by atoms with Gasteiger partial charge in [-0.2, -0.15) is 5.10 Å². The number of aryl methyl sites for hydroxylation is 3. The lowest BCUT2D eigenvalue weighted by atomic mass is 9.91. The van der Waals surface area contributed by atoms with Crippen LogP contribution in [0.1, 0.15) is 37.8 Å². The molecule has 5 heteroatoms. The Balaban J connectivity index is 2.07. The Morgan fingerprint density at radius 2 is 1.96 bits per heavy atom. The summed E-state index contributed by atoms with van der Waals surface area (Å²) in [4.78, 5) is 11.0. The number of carboxylic acids is 1. The molecule has 2 aromatic carbocycles. The van der Waals surface area contributed by atoms with Crippen LogP contribution in [0.15, 0.2) is 36.5 Å².